The Morgan fingerprint density at radius 1 is 0.933 bits per heavy atom. The molecule has 2 aromatic carbocycles. The number of hydrogen-bond acceptors (Lipinski definition) is 4. The van der Waals surface area contributed by atoms with Gasteiger partial charge in [-0.15, -0.1) is 5.10 Å². The molecule has 0 N–H and O–H groups in total. The van der Waals surface area contributed by atoms with Gasteiger partial charge in [-0.1, -0.05) is 59.6 Å². The first-order valence-electron chi connectivity index (χ1n) is 9.28. The van der Waals surface area contributed by atoms with E-state index in [1.54, 1.807) is 40.4 Å². The van der Waals surface area contributed by atoms with Crippen molar-refractivity contribution in [3.63, 3.8) is 0 Å². The molecule has 0 saturated carbocycles. The maximum atomic E-state index is 13.6. The normalized spacial score (nSPS) is 11.4. The summed E-state index contributed by atoms with van der Waals surface area (Å²) in [6.07, 6.45) is 1.72. The summed E-state index contributed by atoms with van der Waals surface area (Å²) >= 11 is 12.8. The third-order valence-corrected chi connectivity index (χ3v) is 5.63. The second-order valence-electron chi connectivity index (χ2n) is 6.91. The van der Waals surface area contributed by atoms with Crippen LogP contribution >= 0.6 is 23.2 Å². The van der Waals surface area contributed by atoms with E-state index in [9.17, 15) is 4.79 Å². The molecule has 3 heterocycles. The lowest BCUT2D eigenvalue weighted by Crippen LogP contribution is -2.22. The maximum absolute atomic E-state index is 13.6. The van der Waals surface area contributed by atoms with Crippen molar-refractivity contribution in [1.29, 1.82) is 0 Å². The fourth-order valence-corrected chi connectivity index (χ4v) is 3.98. The number of aryl methyl sites for hydroxylation is 1. The minimum absolute atomic E-state index is 0.204. The summed E-state index contributed by atoms with van der Waals surface area (Å²) in [6, 6.07) is 16.6. The molecule has 30 heavy (non-hydrogen) atoms. The summed E-state index contributed by atoms with van der Waals surface area (Å²) in [5, 5.41) is 6.01. The van der Waals surface area contributed by atoms with Crippen molar-refractivity contribution in [2.45, 2.75) is 13.5 Å². The van der Waals surface area contributed by atoms with Gasteiger partial charge < -0.3 is 4.57 Å². The standard InChI is InChI=1S/C22H15Cl2N5O/c1-13-25-22-26-18-10-11-28(12-14-6-2-4-8-16(14)23)21(30)19(18)20(29(22)27-13)15-7-3-5-9-17(15)24/h2-11H,12H2,1H3. The van der Waals surface area contributed by atoms with Crippen molar-refractivity contribution in [2.75, 3.05) is 0 Å². The van der Waals surface area contributed by atoms with Crippen LogP contribution in [0, 0.1) is 6.92 Å². The minimum Gasteiger partial charge on any atom is -0.310 e. The van der Waals surface area contributed by atoms with Crippen LogP contribution in [0.2, 0.25) is 10.0 Å². The molecule has 148 valence electrons. The number of benzene rings is 2. The van der Waals surface area contributed by atoms with Gasteiger partial charge in [0.25, 0.3) is 11.3 Å². The molecule has 8 heteroatoms. The Morgan fingerprint density at radius 2 is 1.67 bits per heavy atom. The maximum Gasteiger partial charge on any atom is 0.262 e. The van der Waals surface area contributed by atoms with Crippen molar-refractivity contribution in [1.82, 2.24) is 24.1 Å². The van der Waals surface area contributed by atoms with Crippen molar-refractivity contribution in [3.8, 4) is 11.3 Å². The van der Waals surface area contributed by atoms with Gasteiger partial charge in [-0.25, -0.2) is 4.98 Å². The summed E-state index contributed by atoms with van der Waals surface area (Å²) in [4.78, 5) is 22.5. The van der Waals surface area contributed by atoms with Crippen molar-refractivity contribution in [3.05, 3.63) is 92.6 Å². The van der Waals surface area contributed by atoms with Crippen LogP contribution in [0.15, 0.2) is 65.6 Å². The van der Waals surface area contributed by atoms with E-state index in [4.69, 9.17) is 23.2 Å². The smallest absolute Gasteiger partial charge is 0.262 e. The van der Waals surface area contributed by atoms with E-state index in [1.807, 2.05) is 36.4 Å². The molecule has 6 nitrogen and oxygen atoms in total. The highest BCUT2D eigenvalue weighted by atomic mass is 35.5. The molecule has 0 aliphatic rings. The molecule has 0 spiro atoms. The number of fused-ring (bicyclic) bond motifs is 2. The van der Waals surface area contributed by atoms with Gasteiger partial charge in [0.2, 0.25) is 0 Å². The van der Waals surface area contributed by atoms with Gasteiger partial charge in [0.1, 0.15) is 5.82 Å². The lowest BCUT2D eigenvalue weighted by atomic mass is 10.1. The first-order valence-corrected chi connectivity index (χ1v) is 10.0. The van der Waals surface area contributed by atoms with Crippen molar-refractivity contribution in [2.24, 2.45) is 0 Å². The monoisotopic (exact) mass is 435 g/mol. The SMILES string of the molecule is Cc1nc2nc3ccn(Cc4ccccc4Cl)c(=O)c3c(-c3ccccc3Cl)n2n1. The van der Waals surface area contributed by atoms with Gasteiger partial charge in [0.15, 0.2) is 0 Å². The Hall–Kier alpha value is -3.22. The minimum atomic E-state index is -0.204. The van der Waals surface area contributed by atoms with Crippen LogP contribution in [-0.2, 0) is 6.54 Å². The predicted octanol–water partition coefficient (Wildman–Crippen LogP) is 4.77. The molecule has 0 aliphatic carbocycles. The summed E-state index contributed by atoms with van der Waals surface area (Å²) in [5.74, 6) is 0.973. The third-order valence-electron chi connectivity index (χ3n) is 4.94. The second kappa shape index (κ2) is 7.23. The topological polar surface area (TPSA) is 65.1 Å². The van der Waals surface area contributed by atoms with Crippen LogP contribution < -0.4 is 5.56 Å². The van der Waals surface area contributed by atoms with E-state index in [0.717, 1.165) is 5.56 Å². The molecule has 0 aliphatic heterocycles. The van der Waals surface area contributed by atoms with E-state index in [0.29, 0.717) is 50.4 Å². The van der Waals surface area contributed by atoms with Gasteiger partial charge >= 0.3 is 0 Å². The molecule has 0 amide bonds. The number of halogens is 2. The Morgan fingerprint density at radius 3 is 2.43 bits per heavy atom. The average molecular weight is 436 g/mol. The first-order chi connectivity index (χ1) is 14.5. The highest BCUT2D eigenvalue weighted by Gasteiger charge is 2.19. The molecular weight excluding hydrogens is 421 g/mol. The van der Waals surface area contributed by atoms with Crippen LogP contribution in [0.4, 0.5) is 0 Å². The van der Waals surface area contributed by atoms with Crippen LogP contribution in [-0.4, -0.2) is 24.1 Å². The molecule has 0 fully saturated rings. The molecule has 0 bridgehead atoms. The Bertz CT molecular complexity index is 1490. The number of aromatic nitrogens is 5. The van der Waals surface area contributed by atoms with Crippen LogP contribution in [0.1, 0.15) is 11.4 Å². The molecule has 3 aromatic heterocycles. The molecular formula is C22H15Cl2N5O. The van der Waals surface area contributed by atoms with Gasteiger partial charge in [0, 0.05) is 21.8 Å². The average Bonchev–Trinajstić information content (AvgIpc) is 3.10. The van der Waals surface area contributed by atoms with Gasteiger partial charge in [-0.05, 0) is 30.7 Å². The van der Waals surface area contributed by atoms with Gasteiger partial charge in [0.05, 0.1) is 23.1 Å². The van der Waals surface area contributed by atoms with Gasteiger partial charge in [-0.3, -0.25) is 4.79 Å². The summed E-state index contributed by atoms with van der Waals surface area (Å²) in [5.41, 5.74) is 2.44. The summed E-state index contributed by atoms with van der Waals surface area (Å²) in [7, 11) is 0. The largest absolute Gasteiger partial charge is 0.310 e. The fourth-order valence-electron chi connectivity index (χ4n) is 3.56. The van der Waals surface area contributed by atoms with Crippen molar-refractivity contribution >= 4 is 39.9 Å². The molecule has 0 atom stereocenters. The summed E-state index contributed by atoms with van der Waals surface area (Å²) in [6.45, 7) is 2.12. The zero-order chi connectivity index (χ0) is 20.8. The Labute approximate surface area is 181 Å². The third kappa shape index (κ3) is 3.05. The number of hydrogen-bond donors (Lipinski definition) is 0. The van der Waals surface area contributed by atoms with E-state index in [-0.39, 0.29) is 5.56 Å². The number of nitrogens with zero attached hydrogens (tertiary/aromatic N) is 5. The van der Waals surface area contributed by atoms with Crippen molar-refractivity contribution < 1.29 is 0 Å². The highest BCUT2D eigenvalue weighted by molar-refractivity contribution is 6.33. The highest BCUT2D eigenvalue weighted by Crippen LogP contribution is 2.31. The zero-order valence-electron chi connectivity index (χ0n) is 15.9. The van der Waals surface area contributed by atoms with E-state index in [1.165, 1.54) is 0 Å². The molecule has 5 rings (SSSR count). The first kappa shape index (κ1) is 18.8. The lowest BCUT2D eigenvalue weighted by molar-refractivity contribution is 0.766. The Kier molecular flexibility index (Phi) is 4.53. The fraction of sp³-hybridized carbons (Fsp3) is 0.0909. The molecule has 5 aromatic rings. The number of pyridine rings is 1. The second-order valence-corrected chi connectivity index (χ2v) is 7.73. The summed E-state index contributed by atoms with van der Waals surface area (Å²) < 4.78 is 3.20. The Balaban J connectivity index is 1.85. The van der Waals surface area contributed by atoms with Crippen LogP contribution in [0.25, 0.3) is 27.9 Å². The molecule has 0 unspecified atom stereocenters. The predicted molar refractivity (Wildman–Crippen MR) is 118 cm³/mol. The van der Waals surface area contributed by atoms with Crippen LogP contribution in [0.5, 0.6) is 0 Å². The lowest BCUT2D eigenvalue weighted by Gasteiger charge is -2.13. The van der Waals surface area contributed by atoms with E-state index in [2.05, 4.69) is 15.1 Å². The zero-order valence-corrected chi connectivity index (χ0v) is 17.4. The van der Waals surface area contributed by atoms with E-state index >= 15 is 0 Å². The number of rotatable bonds is 3. The molecule has 0 saturated heterocycles. The van der Waals surface area contributed by atoms with Crippen LogP contribution in [0.3, 0.4) is 0 Å². The quantitative estimate of drug-likeness (QED) is 0.409. The van der Waals surface area contributed by atoms with E-state index < -0.39 is 0 Å². The van der Waals surface area contributed by atoms with Gasteiger partial charge in [-0.2, -0.15) is 9.50 Å². The molecule has 0 radical (unpaired) electrons.